The van der Waals surface area contributed by atoms with Crippen molar-refractivity contribution in [3.63, 3.8) is 0 Å². The van der Waals surface area contributed by atoms with Crippen LogP contribution in [0.15, 0.2) is 30.6 Å². The van der Waals surface area contributed by atoms with Gasteiger partial charge in [0.15, 0.2) is 0 Å². The van der Waals surface area contributed by atoms with Gasteiger partial charge in [-0.15, -0.1) is 0 Å². The van der Waals surface area contributed by atoms with Crippen LogP contribution >= 0.6 is 0 Å². The van der Waals surface area contributed by atoms with E-state index in [0.29, 0.717) is 17.9 Å². The van der Waals surface area contributed by atoms with Crippen LogP contribution in [-0.4, -0.2) is 38.7 Å². The van der Waals surface area contributed by atoms with Crippen LogP contribution < -0.4 is 16.0 Å². The van der Waals surface area contributed by atoms with Gasteiger partial charge in [0, 0.05) is 30.7 Å². The number of hydrogen-bond acceptors (Lipinski definition) is 6. The summed E-state index contributed by atoms with van der Waals surface area (Å²) in [4.78, 5) is 24.5. The highest BCUT2D eigenvalue weighted by Crippen LogP contribution is 2.46. The minimum absolute atomic E-state index is 0.0459. The van der Waals surface area contributed by atoms with E-state index in [-0.39, 0.29) is 11.9 Å². The molecular weight excluding hydrogens is 414 g/mol. The Morgan fingerprint density at radius 2 is 2.03 bits per heavy atom. The number of amides is 1. The molecule has 6 rings (SSSR count). The number of nitrogens with zero attached hydrogens (tertiary/aromatic N) is 5. The Morgan fingerprint density at radius 3 is 2.82 bits per heavy atom. The van der Waals surface area contributed by atoms with Crippen LogP contribution in [0.25, 0.3) is 0 Å². The molecule has 0 spiro atoms. The zero-order valence-corrected chi connectivity index (χ0v) is 19.1. The number of carbonyl (C=O) groups excluding carboxylic acids is 1. The maximum atomic E-state index is 12.9. The normalized spacial score (nSPS) is 22.8. The highest BCUT2D eigenvalue weighted by atomic mass is 16.1. The quantitative estimate of drug-likeness (QED) is 0.629. The molecule has 4 heterocycles. The van der Waals surface area contributed by atoms with Crippen LogP contribution in [0.5, 0.6) is 0 Å². The number of anilines is 2. The van der Waals surface area contributed by atoms with Gasteiger partial charge >= 0.3 is 0 Å². The number of nitrogen functional groups attached to an aromatic ring is 1. The average Bonchev–Trinajstić information content (AvgIpc) is 3.16. The van der Waals surface area contributed by atoms with E-state index in [9.17, 15) is 4.79 Å². The van der Waals surface area contributed by atoms with Crippen molar-refractivity contribution in [1.29, 1.82) is 0 Å². The molecule has 8 heteroatoms. The Bertz CT molecular complexity index is 1240. The van der Waals surface area contributed by atoms with Gasteiger partial charge in [0.05, 0.1) is 24.3 Å². The number of pyridine rings is 2. The van der Waals surface area contributed by atoms with Gasteiger partial charge in [0.2, 0.25) is 0 Å². The molecule has 3 N–H and O–H groups in total. The van der Waals surface area contributed by atoms with E-state index < -0.39 is 0 Å². The lowest BCUT2D eigenvalue weighted by molar-refractivity contribution is 0.0936. The number of nitrogens with two attached hydrogens (primary N) is 1. The predicted octanol–water partition coefficient (Wildman–Crippen LogP) is 2.79. The predicted molar refractivity (Wildman–Crippen MR) is 126 cm³/mol. The smallest absolute Gasteiger partial charge is 0.254 e. The maximum Gasteiger partial charge on any atom is 0.254 e. The SMILES string of the molecule is Cc1cc2c(c(N)n1)CC[C@H]2NC(=O)c1cnn(Cc2ccc(N3CC4CC4C3)nc2C)c1. The second-order valence-corrected chi connectivity index (χ2v) is 9.78. The van der Waals surface area contributed by atoms with Crippen molar-refractivity contribution < 1.29 is 4.79 Å². The monoisotopic (exact) mass is 443 g/mol. The zero-order chi connectivity index (χ0) is 22.7. The topological polar surface area (TPSA) is 102 Å². The number of fused-ring (bicyclic) bond motifs is 2. The van der Waals surface area contributed by atoms with Crippen LogP contribution in [0.4, 0.5) is 11.6 Å². The highest BCUT2D eigenvalue weighted by Gasteiger charge is 2.45. The summed E-state index contributed by atoms with van der Waals surface area (Å²) < 4.78 is 1.80. The number of piperidine rings is 1. The van der Waals surface area contributed by atoms with E-state index in [1.54, 1.807) is 17.1 Å². The first-order valence-corrected chi connectivity index (χ1v) is 11.8. The van der Waals surface area contributed by atoms with Gasteiger partial charge in [-0.3, -0.25) is 9.48 Å². The van der Waals surface area contributed by atoms with Crippen molar-refractivity contribution in [3.05, 3.63) is 64.2 Å². The fourth-order valence-electron chi connectivity index (χ4n) is 5.42. The highest BCUT2D eigenvalue weighted by molar-refractivity contribution is 5.94. The maximum absolute atomic E-state index is 12.9. The Labute approximate surface area is 193 Å². The van der Waals surface area contributed by atoms with Crippen LogP contribution in [0.1, 0.15) is 57.3 Å². The Hall–Kier alpha value is -3.42. The lowest BCUT2D eigenvalue weighted by atomic mass is 10.1. The van der Waals surface area contributed by atoms with Gasteiger partial charge in [-0.25, -0.2) is 9.97 Å². The Kier molecular flexibility index (Phi) is 4.64. The Balaban J connectivity index is 1.12. The first kappa shape index (κ1) is 20.2. The third kappa shape index (κ3) is 3.73. The summed E-state index contributed by atoms with van der Waals surface area (Å²) in [7, 11) is 0. The molecule has 3 atom stereocenters. The number of aryl methyl sites for hydroxylation is 2. The molecule has 3 aromatic rings. The van der Waals surface area contributed by atoms with Gasteiger partial charge < -0.3 is 16.0 Å². The molecule has 2 fully saturated rings. The largest absolute Gasteiger partial charge is 0.383 e. The molecule has 2 aliphatic carbocycles. The standard InChI is InChI=1S/C25H29N7O/c1-14-7-21-20(24(26)28-14)4-5-22(21)30-25(33)19-9-27-32(13-19)12-16-3-6-23(29-15(16)2)31-10-17-8-18(17)11-31/h3,6-7,9,13,17-18,22H,4-5,8,10-12H2,1-2H3,(H2,26,28)(H,30,33)/t17?,18?,22-/m1/s1. The lowest BCUT2D eigenvalue weighted by Gasteiger charge is -2.20. The summed E-state index contributed by atoms with van der Waals surface area (Å²) in [6, 6.07) is 6.23. The molecule has 3 aromatic heterocycles. The average molecular weight is 444 g/mol. The van der Waals surface area contributed by atoms with Gasteiger partial charge in [-0.05, 0) is 73.8 Å². The van der Waals surface area contributed by atoms with Crippen molar-refractivity contribution in [2.75, 3.05) is 23.7 Å². The minimum Gasteiger partial charge on any atom is -0.383 e. The van der Waals surface area contributed by atoms with Crippen LogP contribution in [0.2, 0.25) is 0 Å². The number of rotatable bonds is 5. The molecule has 1 amide bonds. The van der Waals surface area contributed by atoms with Crippen molar-refractivity contribution in [2.45, 2.75) is 45.7 Å². The van der Waals surface area contributed by atoms with Crippen LogP contribution in [0.3, 0.4) is 0 Å². The molecule has 0 radical (unpaired) electrons. The van der Waals surface area contributed by atoms with E-state index in [4.69, 9.17) is 10.7 Å². The van der Waals surface area contributed by atoms with E-state index in [1.165, 1.54) is 6.42 Å². The first-order valence-electron chi connectivity index (χ1n) is 11.8. The van der Waals surface area contributed by atoms with E-state index in [1.807, 2.05) is 19.9 Å². The molecule has 170 valence electrons. The van der Waals surface area contributed by atoms with Gasteiger partial charge in [0.1, 0.15) is 11.6 Å². The molecule has 1 saturated heterocycles. The number of nitrogens with one attached hydrogen (secondary N) is 1. The second kappa shape index (κ2) is 7.57. The van der Waals surface area contributed by atoms with Crippen molar-refractivity contribution in [3.8, 4) is 0 Å². The van der Waals surface area contributed by atoms with Crippen LogP contribution in [0, 0.1) is 25.7 Å². The zero-order valence-electron chi connectivity index (χ0n) is 19.1. The molecule has 2 unspecified atom stereocenters. The van der Waals surface area contributed by atoms with Crippen LogP contribution in [-0.2, 0) is 13.0 Å². The van der Waals surface area contributed by atoms with E-state index in [0.717, 1.165) is 71.7 Å². The number of carbonyl (C=O) groups is 1. The molecule has 8 nitrogen and oxygen atoms in total. The fourth-order valence-corrected chi connectivity index (χ4v) is 5.42. The molecule has 1 saturated carbocycles. The summed E-state index contributed by atoms with van der Waals surface area (Å²) in [5.41, 5.74) is 11.8. The summed E-state index contributed by atoms with van der Waals surface area (Å²) in [5.74, 6) is 3.30. The van der Waals surface area contributed by atoms with Gasteiger partial charge in [-0.2, -0.15) is 5.10 Å². The molecule has 3 aliphatic rings. The van der Waals surface area contributed by atoms with Gasteiger partial charge in [-0.1, -0.05) is 6.07 Å². The van der Waals surface area contributed by atoms with E-state index >= 15 is 0 Å². The fraction of sp³-hybridized carbons (Fsp3) is 0.440. The first-order chi connectivity index (χ1) is 15.9. The summed E-state index contributed by atoms with van der Waals surface area (Å²) in [5, 5.41) is 7.57. The molecular formula is C25H29N7O. The second-order valence-electron chi connectivity index (χ2n) is 9.78. The molecule has 33 heavy (non-hydrogen) atoms. The number of hydrogen-bond donors (Lipinski definition) is 2. The molecule has 0 aromatic carbocycles. The third-order valence-corrected chi connectivity index (χ3v) is 7.39. The van der Waals surface area contributed by atoms with E-state index in [2.05, 4.69) is 32.4 Å². The van der Waals surface area contributed by atoms with Crippen molar-refractivity contribution >= 4 is 17.5 Å². The van der Waals surface area contributed by atoms with Gasteiger partial charge in [0.25, 0.3) is 5.91 Å². The third-order valence-electron chi connectivity index (χ3n) is 7.39. The summed E-state index contributed by atoms with van der Waals surface area (Å²) in [6.07, 6.45) is 6.49. The summed E-state index contributed by atoms with van der Waals surface area (Å²) in [6.45, 7) is 6.84. The van der Waals surface area contributed by atoms with Crippen molar-refractivity contribution in [1.82, 2.24) is 25.1 Å². The minimum atomic E-state index is -0.120. The van der Waals surface area contributed by atoms with Crippen molar-refractivity contribution in [2.24, 2.45) is 11.8 Å². The Morgan fingerprint density at radius 1 is 1.21 bits per heavy atom. The molecule has 0 bridgehead atoms. The summed E-state index contributed by atoms with van der Waals surface area (Å²) >= 11 is 0. The number of aromatic nitrogens is 4. The molecule has 1 aliphatic heterocycles. The lowest BCUT2D eigenvalue weighted by Crippen LogP contribution is -2.27.